The lowest BCUT2D eigenvalue weighted by molar-refractivity contribution is 0.0730. The van der Waals surface area contributed by atoms with E-state index in [1.54, 1.807) is 11.8 Å². The van der Waals surface area contributed by atoms with Crippen molar-refractivity contribution < 1.29 is 14.3 Å². The number of aryl methyl sites for hydroxylation is 1. The summed E-state index contributed by atoms with van der Waals surface area (Å²) in [7, 11) is 3.03. The first-order chi connectivity index (χ1) is 19.7. The quantitative estimate of drug-likeness (QED) is 0.328. The van der Waals surface area contributed by atoms with Crippen molar-refractivity contribution in [1.82, 2.24) is 29.6 Å². The van der Waals surface area contributed by atoms with Gasteiger partial charge in [-0.1, -0.05) is 6.07 Å². The van der Waals surface area contributed by atoms with E-state index in [4.69, 9.17) is 19.6 Å². The number of rotatable bonds is 12. The molecule has 3 aromatic rings. The number of ether oxygens (including phenoxy) is 2. The van der Waals surface area contributed by atoms with Crippen molar-refractivity contribution in [3.63, 3.8) is 0 Å². The third-order valence-electron chi connectivity index (χ3n) is 8.52. The molecule has 2 aliphatic carbocycles. The van der Waals surface area contributed by atoms with E-state index in [2.05, 4.69) is 46.1 Å². The zero-order chi connectivity index (χ0) is 28.7. The molecule has 2 unspecified atom stereocenters. The number of hydrogen-bond donors (Lipinski definition) is 1. The van der Waals surface area contributed by atoms with Crippen LogP contribution in [0.3, 0.4) is 0 Å². The van der Waals surface area contributed by atoms with Crippen LogP contribution in [0, 0.1) is 11.8 Å². The molecule has 6 rings (SSSR count). The average Bonchev–Trinajstić information content (AvgIpc) is 3.34. The van der Waals surface area contributed by atoms with E-state index in [9.17, 15) is 4.79 Å². The van der Waals surface area contributed by atoms with Crippen molar-refractivity contribution in [2.45, 2.75) is 45.1 Å². The Bertz CT molecular complexity index is 1400. The lowest BCUT2D eigenvalue weighted by atomic mass is 10.1. The Morgan fingerprint density at radius 3 is 2.76 bits per heavy atom. The summed E-state index contributed by atoms with van der Waals surface area (Å²) in [6.45, 7) is 3.51. The lowest BCUT2D eigenvalue weighted by Crippen LogP contribution is -2.30. The predicted octanol–water partition coefficient (Wildman–Crippen LogP) is 3.29. The summed E-state index contributed by atoms with van der Waals surface area (Å²) >= 11 is 0. The monoisotopic (exact) mass is 581 g/mol. The molecule has 41 heavy (non-hydrogen) atoms. The maximum atomic E-state index is 13.6. The smallest absolute Gasteiger partial charge is 0.270 e. The van der Waals surface area contributed by atoms with Gasteiger partial charge in [0, 0.05) is 45.1 Å². The number of pyridine rings is 1. The van der Waals surface area contributed by atoms with Gasteiger partial charge in [0.25, 0.3) is 5.91 Å². The molecule has 4 heterocycles. The molecule has 3 aliphatic rings. The Labute approximate surface area is 244 Å². The maximum absolute atomic E-state index is 13.6. The number of aromatic nitrogens is 5. The van der Waals surface area contributed by atoms with Crippen molar-refractivity contribution >= 4 is 21.8 Å². The zero-order valence-corrected chi connectivity index (χ0v) is 25.7. The summed E-state index contributed by atoms with van der Waals surface area (Å²) < 4.78 is 15.3. The predicted molar refractivity (Wildman–Crippen MR) is 162 cm³/mol. The molecule has 1 saturated heterocycles. The van der Waals surface area contributed by atoms with Crippen LogP contribution < -0.4 is 10.2 Å². The number of carbonyl (C=O) groups excluding carboxylic acids is 1. The molecule has 1 aliphatic heterocycles. The average molecular weight is 582 g/mol. The number of hydrogen-bond acceptors (Lipinski definition) is 7. The van der Waals surface area contributed by atoms with Crippen LogP contribution >= 0.6 is 10.0 Å². The highest BCUT2D eigenvalue weighted by Gasteiger charge is 2.45. The highest BCUT2D eigenvalue weighted by Crippen LogP contribution is 2.46. The molecule has 11 heteroatoms. The molecule has 2 fully saturated rings. The minimum atomic E-state index is -0.669. The Balaban J connectivity index is 1.21. The van der Waals surface area contributed by atoms with Crippen molar-refractivity contribution in [3.05, 3.63) is 58.6 Å². The second kappa shape index (κ2) is 11.4. The summed E-state index contributed by atoms with van der Waals surface area (Å²) in [5.74, 6) is 3.56. The van der Waals surface area contributed by atoms with Crippen LogP contribution in [0.1, 0.15) is 57.7 Å². The van der Waals surface area contributed by atoms with Crippen LogP contribution in [0.2, 0.25) is 0 Å². The molecule has 1 amide bonds. The SMILES string of the molecule is COCc1nc(N2CC3CC3C2)ccc1Cc1cc(C(=O)N[C@@H]2CCc3c2ncn3C)n(COCCS(C)(C)C)n1. The fraction of sp³-hybridized carbons (Fsp3) is 0.600. The molecule has 1 N–H and O–H groups in total. The van der Waals surface area contributed by atoms with E-state index in [1.807, 2.05) is 24.0 Å². The molecular weight excluding hydrogens is 538 g/mol. The van der Waals surface area contributed by atoms with Crippen LogP contribution in [0.25, 0.3) is 0 Å². The molecular formula is C30H43N7O3S. The van der Waals surface area contributed by atoms with E-state index in [-0.39, 0.29) is 18.7 Å². The molecule has 0 bridgehead atoms. The van der Waals surface area contributed by atoms with E-state index in [1.165, 1.54) is 12.1 Å². The van der Waals surface area contributed by atoms with E-state index >= 15 is 0 Å². The number of carbonyl (C=O) groups is 1. The Morgan fingerprint density at radius 1 is 1.20 bits per heavy atom. The van der Waals surface area contributed by atoms with Crippen LogP contribution in [0.15, 0.2) is 24.5 Å². The summed E-state index contributed by atoms with van der Waals surface area (Å²) in [6.07, 6.45) is 12.3. The number of anilines is 1. The normalized spacial score (nSPS) is 21.7. The first kappa shape index (κ1) is 28.2. The van der Waals surface area contributed by atoms with E-state index in [0.29, 0.717) is 25.3 Å². The highest BCUT2D eigenvalue weighted by atomic mass is 32.3. The standard InChI is InChI=1S/C30H43N7O3S/c1-35-18-31-29-24(7-8-26(29)35)33-30(38)27-14-23(34-37(27)19-40-10-11-41(3,4)5)13-20-6-9-28(32-25(20)17-39-2)36-15-21-12-22(21)16-36/h6,9,14,18,21-22,24H,7-8,10-13,15-17,19H2,1-5H3,(H,33,38)/t21?,22?,24-/m1/s1. The molecule has 0 aromatic carbocycles. The Morgan fingerprint density at radius 2 is 2.00 bits per heavy atom. The summed E-state index contributed by atoms with van der Waals surface area (Å²) in [5.41, 5.74) is 5.43. The van der Waals surface area contributed by atoms with Crippen molar-refractivity contribution in [2.75, 3.05) is 56.2 Å². The molecule has 3 aromatic heterocycles. The molecule has 0 radical (unpaired) electrons. The summed E-state index contributed by atoms with van der Waals surface area (Å²) in [5, 5.41) is 8.05. The van der Waals surface area contributed by atoms with Gasteiger partial charge in [-0.2, -0.15) is 5.10 Å². The topological polar surface area (TPSA) is 99.3 Å². The van der Waals surface area contributed by atoms with Gasteiger partial charge in [0.2, 0.25) is 0 Å². The zero-order valence-electron chi connectivity index (χ0n) is 24.9. The van der Waals surface area contributed by atoms with Gasteiger partial charge in [-0.3, -0.25) is 4.79 Å². The van der Waals surface area contributed by atoms with Crippen molar-refractivity contribution in [3.8, 4) is 0 Å². The first-order valence-corrected chi connectivity index (χ1v) is 17.6. The third kappa shape index (κ3) is 6.32. The van der Waals surface area contributed by atoms with Gasteiger partial charge in [-0.15, -0.1) is 0 Å². The van der Waals surface area contributed by atoms with Gasteiger partial charge in [0.1, 0.15) is 18.2 Å². The fourth-order valence-corrected chi connectivity index (χ4v) is 6.67. The molecule has 0 spiro atoms. The summed E-state index contributed by atoms with van der Waals surface area (Å²) in [4.78, 5) is 25.5. The number of methoxy groups -OCH3 is 1. The van der Waals surface area contributed by atoms with Crippen molar-refractivity contribution in [1.29, 1.82) is 0 Å². The molecule has 3 atom stereocenters. The Kier molecular flexibility index (Phi) is 7.86. The number of imidazole rings is 1. The summed E-state index contributed by atoms with van der Waals surface area (Å²) in [6, 6.07) is 6.05. The van der Waals surface area contributed by atoms with Crippen LogP contribution in [0.5, 0.6) is 0 Å². The number of amides is 1. The largest absolute Gasteiger partial charge is 0.378 e. The lowest BCUT2D eigenvalue weighted by Gasteiger charge is -2.24. The number of piperidine rings is 1. The minimum absolute atomic E-state index is 0.0995. The molecule has 10 nitrogen and oxygen atoms in total. The second-order valence-corrected chi connectivity index (χ2v) is 17.2. The van der Waals surface area contributed by atoms with Crippen molar-refractivity contribution in [2.24, 2.45) is 18.9 Å². The number of nitrogens with one attached hydrogen (secondary N) is 1. The van der Waals surface area contributed by atoms with Gasteiger partial charge in [0.05, 0.1) is 42.7 Å². The number of nitrogens with zero attached hydrogens (tertiary/aromatic N) is 6. The Hall–Kier alpha value is -2.89. The second-order valence-electron chi connectivity index (χ2n) is 12.7. The third-order valence-corrected chi connectivity index (χ3v) is 9.91. The van der Waals surface area contributed by atoms with Gasteiger partial charge < -0.3 is 24.3 Å². The van der Waals surface area contributed by atoms with Gasteiger partial charge in [0.15, 0.2) is 0 Å². The minimum Gasteiger partial charge on any atom is -0.378 e. The van der Waals surface area contributed by atoms with Crippen LogP contribution in [-0.4, -0.2) is 81.5 Å². The van der Waals surface area contributed by atoms with Gasteiger partial charge in [-0.25, -0.2) is 24.7 Å². The van der Waals surface area contributed by atoms with Crippen LogP contribution in [0.4, 0.5) is 5.82 Å². The van der Waals surface area contributed by atoms with Gasteiger partial charge in [-0.05, 0) is 67.6 Å². The highest BCUT2D eigenvalue weighted by molar-refractivity contribution is 8.32. The first-order valence-electron chi connectivity index (χ1n) is 14.5. The molecule has 222 valence electrons. The fourth-order valence-electron chi connectivity index (χ4n) is 6.06. The number of fused-ring (bicyclic) bond motifs is 2. The van der Waals surface area contributed by atoms with Gasteiger partial charge >= 0.3 is 0 Å². The molecule has 1 saturated carbocycles. The van der Waals surface area contributed by atoms with E-state index < -0.39 is 10.0 Å². The van der Waals surface area contributed by atoms with E-state index in [0.717, 1.165) is 72.0 Å². The van der Waals surface area contributed by atoms with Crippen LogP contribution in [-0.2, 0) is 42.7 Å². The maximum Gasteiger partial charge on any atom is 0.270 e.